The van der Waals surface area contributed by atoms with Gasteiger partial charge in [0.25, 0.3) is 5.92 Å². The molecule has 0 aromatic heterocycles. The molecule has 142 valence electrons. The predicted octanol–water partition coefficient (Wildman–Crippen LogP) is 3.49. The third-order valence-electron chi connectivity index (χ3n) is 4.90. The van der Waals surface area contributed by atoms with Crippen LogP contribution in [0.5, 0.6) is 0 Å². The Labute approximate surface area is 144 Å². The fourth-order valence-electron chi connectivity index (χ4n) is 3.35. The van der Waals surface area contributed by atoms with Crippen molar-refractivity contribution in [3.63, 3.8) is 0 Å². The summed E-state index contributed by atoms with van der Waals surface area (Å²) in [5, 5.41) is 0. The molecule has 0 radical (unpaired) electrons. The molecule has 0 N–H and O–H groups in total. The fraction of sp³-hybridized carbons (Fsp3) is 1.00. The van der Waals surface area contributed by atoms with Crippen LogP contribution in [-0.2, 0) is 14.2 Å². The smallest absolute Gasteiger partial charge is 0.260 e. The molecule has 0 aromatic carbocycles. The Morgan fingerprint density at radius 2 is 1.75 bits per heavy atom. The van der Waals surface area contributed by atoms with Gasteiger partial charge in [-0.05, 0) is 46.0 Å². The molecule has 1 aliphatic carbocycles. The van der Waals surface area contributed by atoms with Gasteiger partial charge < -0.3 is 14.2 Å². The fourth-order valence-corrected chi connectivity index (χ4v) is 3.35. The van der Waals surface area contributed by atoms with Gasteiger partial charge in [-0.15, -0.1) is 0 Å². The van der Waals surface area contributed by atoms with Crippen molar-refractivity contribution in [2.75, 3.05) is 33.4 Å². The van der Waals surface area contributed by atoms with Gasteiger partial charge in [-0.3, -0.25) is 4.90 Å². The maximum atomic E-state index is 14.0. The van der Waals surface area contributed by atoms with E-state index in [1.54, 1.807) is 7.11 Å². The first-order valence-electron chi connectivity index (χ1n) is 9.28. The highest BCUT2D eigenvalue weighted by molar-refractivity contribution is 4.84. The Morgan fingerprint density at radius 1 is 1.08 bits per heavy atom. The SMILES string of the molecule is COC1CC(OC2CCN(CC(F)(F)CCCOC(C)C)CC2)C1. The molecule has 24 heavy (non-hydrogen) atoms. The molecule has 4 nitrogen and oxygen atoms in total. The largest absolute Gasteiger partial charge is 0.381 e. The van der Waals surface area contributed by atoms with Crippen molar-refractivity contribution in [3.8, 4) is 0 Å². The number of likely N-dealkylation sites (tertiary alicyclic amines) is 1. The Balaban J connectivity index is 1.58. The maximum Gasteiger partial charge on any atom is 0.260 e. The highest BCUT2D eigenvalue weighted by Crippen LogP contribution is 2.30. The van der Waals surface area contributed by atoms with E-state index in [1.807, 2.05) is 18.7 Å². The minimum atomic E-state index is -2.63. The molecule has 0 atom stereocenters. The van der Waals surface area contributed by atoms with Gasteiger partial charge in [-0.1, -0.05) is 0 Å². The van der Waals surface area contributed by atoms with E-state index in [-0.39, 0.29) is 25.2 Å². The molecular formula is C18H33F2NO3. The van der Waals surface area contributed by atoms with Crippen molar-refractivity contribution in [2.24, 2.45) is 0 Å². The lowest BCUT2D eigenvalue weighted by molar-refractivity contribution is -0.130. The summed E-state index contributed by atoms with van der Waals surface area (Å²) in [5.74, 6) is -2.63. The van der Waals surface area contributed by atoms with Crippen molar-refractivity contribution in [1.82, 2.24) is 4.90 Å². The van der Waals surface area contributed by atoms with E-state index in [0.29, 0.717) is 38.3 Å². The first-order valence-corrected chi connectivity index (χ1v) is 9.28. The van der Waals surface area contributed by atoms with E-state index in [4.69, 9.17) is 14.2 Å². The Hall–Kier alpha value is -0.300. The van der Waals surface area contributed by atoms with E-state index >= 15 is 0 Å². The summed E-state index contributed by atoms with van der Waals surface area (Å²) in [5.41, 5.74) is 0. The standard InChI is InChI=1S/C18H33F2NO3/c1-14(2)23-10-4-7-18(19,20)13-21-8-5-15(6-9-21)24-17-11-16(12-17)22-3/h14-17H,4-13H2,1-3H3. The maximum absolute atomic E-state index is 14.0. The molecule has 1 saturated heterocycles. The molecule has 1 aliphatic heterocycles. The zero-order chi connectivity index (χ0) is 17.6. The molecule has 2 aliphatic rings. The number of hydrogen-bond donors (Lipinski definition) is 0. The number of rotatable bonds is 10. The van der Waals surface area contributed by atoms with Crippen molar-refractivity contribution in [1.29, 1.82) is 0 Å². The number of alkyl halides is 2. The van der Waals surface area contributed by atoms with Gasteiger partial charge in [0.2, 0.25) is 0 Å². The number of nitrogens with zero attached hydrogens (tertiary/aromatic N) is 1. The molecule has 0 unspecified atom stereocenters. The number of halogens is 2. The average Bonchev–Trinajstić information content (AvgIpc) is 2.48. The van der Waals surface area contributed by atoms with Crippen LogP contribution in [0.15, 0.2) is 0 Å². The van der Waals surface area contributed by atoms with Crippen molar-refractivity contribution >= 4 is 0 Å². The van der Waals surface area contributed by atoms with Crippen LogP contribution in [0, 0.1) is 0 Å². The number of hydrogen-bond acceptors (Lipinski definition) is 4. The molecular weight excluding hydrogens is 316 g/mol. The van der Waals surface area contributed by atoms with Gasteiger partial charge in [0.15, 0.2) is 0 Å². The van der Waals surface area contributed by atoms with Crippen LogP contribution in [0.3, 0.4) is 0 Å². The molecule has 2 rings (SSSR count). The first kappa shape index (κ1) is 20.0. The van der Waals surface area contributed by atoms with E-state index in [1.165, 1.54) is 0 Å². The third kappa shape index (κ3) is 6.90. The minimum absolute atomic E-state index is 0.101. The second-order valence-electron chi connectivity index (χ2n) is 7.44. The Bertz CT molecular complexity index is 354. The minimum Gasteiger partial charge on any atom is -0.381 e. The van der Waals surface area contributed by atoms with E-state index in [0.717, 1.165) is 25.7 Å². The molecule has 0 bridgehead atoms. The van der Waals surface area contributed by atoms with Crippen molar-refractivity contribution in [2.45, 2.75) is 82.7 Å². The monoisotopic (exact) mass is 349 g/mol. The van der Waals surface area contributed by atoms with Crippen LogP contribution in [0.4, 0.5) is 8.78 Å². The summed E-state index contributed by atoms with van der Waals surface area (Å²) in [6.45, 7) is 5.50. The molecule has 6 heteroatoms. The summed E-state index contributed by atoms with van der Waals surface area (Å²) >= 11 is 0. The second kappa shape index (κ2) is 9.41. The summed E-state index contributed by atoms with van der Waals surface area (Å²) < 4.78 is 44.7. The van der Waals surface area contributed by atoms with Crippen LogP contribution >= 0.6 is 0 Å². The van der Waals surface area contributed by atoms with Gasteiger partial charge in [-0.25, -0.2) is 8.78 Å². The summed E-state index contributed by atoms with van der Waals surface area (Å²) in [7, 11) is 1.73. The van der Waals surface area contributed by atoms with E-state index < -0.39 is 5.92 Å². The normalized spacial score (nSPS) is 26.8. The molecule has 0 amide bonds. The van der Waals surface area contributed by atoms with Gasteiger partial charge in [0.05, 0.1) is 31.0 Å². The number of piperidine rings is 1. The molecule has 1 heterocycles. The van der Waals surface area contributed by atoms with Crippen LogP contribution in [-0.4, -0.2) is 68.6 Å². The lowest BCUT2D eigenvalue weighted by Gasteiger charge is -2.40. The van der Waals surface area contributed by atoms with Crippen molar-refractivity contribution in [3.05, 3.63) is 0 Å². The quantitative estimate of drug-likeness (QED) is 0.565. The lowest BCUT2D eigenvalue weighted by atomic mass is 9.91. The summed E-state index contributed by atoms with van der Waals surface area (Å²) in [6, 6.07) is 0. The van der Waals surface area contributed by atoms with E-state index in [9.17, 15) is 8.78 Å². The summed E-state index contributed by atoms with van der Waals surface area (Å²) in [4.78, 5) is 1.88. The van der Waals surface area contributed by atoms with Crippen LogP contribution in [0.2, 0.25) is 0 Å². The Morgan fingerprint density at radius 3 is 2.33 bits per heavy atom. The highest BCUT2D eigenvalue weighted by Gasteiger charge is 2.35. The first-order chi connectivity index (χ1) is 11.4. The van der Waals surface area contributed by atoms with Crippen molar-refractivity contribution < 1.29 is 23.0 Å². The molecule has 2 fully saturated rings. The summed E-state index contributed by atoms with van der Waals surface area (Å²) in [6.07, 6.45) is 4.90. The van der Waals surface area contributed by atoms with Gasteiger partial charge in [-0.2, -0.15) is 0 Å². The Kier molecular flexibility index (Phi) is 7.85. The zero-order valence-electron chi connectivity index (χ0n) is 15.3. The van der Waals surface area contributed by atoms with Crippen LogP contribution < -0.4 is 0 Å². The number of ether oxygens (including phenoxy) is 3. The van der Waals surface area contributed by atoms with Crippen LogP contribution in [0.25, 0.3) is 0 Å². The van der Waals surface area contributed by atoms with E-state index in [2.05, 4.69) is 0 Å². The van der Waals surface area contributed by atoms with Gasteiger partial charge in [0, 0.05) is 33.2 Å². The lowest BCUT2D eigenvalue weighted by Crippen LogP contribution is -2.46. The third-order valence-corrected chi connectivity index (χ3v) is 4.90. The van der Waals surface area contributed by atoms with Gasteiger partial charge >= 0.3 is 0 Å². The topological polar surface area (TPSA) is 30.9 Å². The zero-order valence-corrected chi connectivity index (χ0v) is 15.3. The highest BCUT2D eigenvalue weighted by atomic mass is 19.3. The molecule has 0 aromatic rings. The van der Waals surface area contributed by atoms with Gasteiger partial charge in [0.1, 0.15) is 0 Å². The van der Waals surface area contributed by atoms with Crippen LogP contribution in [0.1, 0.15) is 52.4 Å². The molecule has 0 spiro atoms. The second-order valence-corrected chi connectivity index (χ2v) is 7.44. The molecule has 1 saturated carbocycles. The average molecular weight is 349 g/mol. The predicted molar refractivity (Wildman–Crippen MR) is 89.6 cm³/mol. The number of methoxy groups -OCH3 is 1.